The third kappa shape index (κ3) is 2.99. The molecule has 6 nitrogen and oxygen atoms in total. The zero-order valence-electron chi connectivity index (χ0n) is 12.3. The normalized spacial score (nSPS) is 25.3. The van der Waals surface area contributed by atoms with Gasteiger partial charge in [0, 0.05) is 30.9 Å². The molecule has 0 spiro atoms. The summed E-state index contributed by atoms with van der Waals surface area (Å²) in [7, 11) is 1.60. The average Bonchev–Trinajstić information content (AvgIpc) is 2.44. The van der Waals surface area contributed by atoms with Crippen LogP contribution in [0.25, 0.3) is 0 Å². The van der Waals surface area contributed by atoms with Crippen molar-refractivity contribution in [1.29, 1.82) is 0 Å². The van der Waals surface area contributed by atoms with Gasteiger partial charge in [0.2, 0.25) is 0 Å². The standard InChI is InChI=1S/C15H20N2O4/c1-15(14(20)21)7-4-3-5-11(15)16-13(19)10-6-8-17(2)12(18)9-10/h6,8-9,11H,3-5,7H2,1-2H3,(H,16,19)(H,20,21). The summed E-state index contributed by atoms with van der Waals surface area (Å²) in [4.78, 5) is 35.3. The van der Waals surface area contributed by atoms with Crippen LogP contribution >= 0.6 is 0 Å². The van der Waals surface area contributed by atoms with E-state index in [0.29, 0.717) is 12.8 Å². The molecule has 2 N–H and O–H groups in total. The van der Waals surface area contributed by atoms with Gasteiger partial charge in [-0.25, -0.2) is 0 Å². The number of nitrogens with zero attached hydrogens (tertiary/aromatic N) is 1. The molecule has 2 rings (SSSR count). The number of rotatable bonds is 3. The second kappa shape index (κ2) is 5.71. The molecule has 6 heteroatoms. The minimum Gasteiger partial charge on any atom is -0.481 e. The molecule has 0 aromatic carbocycles. The highest BCUT2D eigenvalue weighted by atomic mass is 16.4. The third-order valence-corrected chi connectivity index (χ3v) is 4.37. The number of aliphatic carboxylic acids is 1. The highest BCUT2D eigenvalue weighted by Crippen LogP contribution is 2.36. The topological polar surface area (TPSA) is 88.4 Å². The van der Waals surface area contributed by atoms with Gasteiger partial charge in [-0.15, -0.1) is 0 Å². The highest BCUT2D eigenvalue weighted by Gasteiger charge is 2.43. The van der Waals surface area contributed by atoms with Crippen LogP contribution in [0.4, 0.5) is 0 Å². The van der Waals surface area contributed by atoms with Gasteiger partial charge in [0.05, 0.1) is 5.41 Å². The molecule has 0 saturated heterocycles. The largest absolute Gasteiger partial charge is 0.481 e. The van der Waals surface area contributed by atoms with Gasteiger partial charge in [0.15, 0.2) is 0 Å². The first-order valence-electron chi connectivity index (χ1n) is 7.05. The molecule has 114 valence electrons. The number of carboxylic acid groups (broad SMARTS) is 1. The van der Waals surface area contributed by atoms with Crippen LogP contribution in [0.2, 0.25) is 0 Å². The molecule has 1 aliphatic rings. The molecule has 0 bridgehead atoms. The summed E-state index contributed by atoms with van der Waals surface area (Å²) in [6.45, 7) is 1.67. The third-order valence-electron chi connectivity index (χ3n) is 4.37. The minimum absolute atomic E-state index is 0.261. The molecule has 1 aromatic rings. The van der Waals surface area contributed by atoms with Crippen LogP contribution in [0.1, 0.15) is 43.0 Å². The van der Waals surface area contributed by atoms with Crippen molar-refractivity contribution in [3.05, 3.63) is 34.2 Å². The maximum atomic E-state index is 12.2. The number of amides is 1. The van der Waals surface area contributed by atoms with Crippen LogP contribution in [0.15, 0.2) is 23.1 Å². The molecule has 1 heterocycles. The van der Waals surface area contributed by atoms with E-state index in [1.54, 1.807) is 20.0 Å². The number of carbonyl (C=O) groups is 2. The average molecular weight is 292 g/mol. The van der Waals surface area contributed by atoms with Crippen molar-refractivity contribution in [1.82, 2.24) is 9.88 Å². The second-order valence-corrected chi connectivity index (χ2v) is 5.86. The Morgan fingerprint density at radius 3 is 2.76 bits per heavy atom. The SMILES string of the molecule is Cn1ccc(C(=O)NC2CCCCC2(C)C(=O)O)cc1=O. The van der Waals surface area contributed by atoms with Crippen molar-refractivity contribution in [2.45, 2.75) is 38.6 Å². The minimum atomic E-state index is -0.951. The van der Waals surface area contributed by atoms with Crippen LogP contribution in [-0.4, -0.2) is 27.6 Å². The summed E-state index contributed by atoms with van der Waals surface area (Å²) >= 11 is 0. The van der Waals surface area contributed by atoms with Gasteiger partial charge in [0.1, 0.15) is 0 Å². The van der Waals surface area contributed by atoms with Crippen molar-refractivity contribution >= 4 is 11.9 Å². The molecule has 1 fully saturated rings. The van der Waals surface area contributed by atoms with Gasteiger partial charge in [-0.2, -0.15) is 0 Å². The molecule has 1 aliphatic carbocycles. The number of aromatic nitrogens is 1. The maximum Gasteiger partial charge on any atom is 0.311 e. The first-order valence-corrected chi connectivity index (χ1v) is 7.05. The van der Waals surface area contributed by atoms with E-state index >= 15 is 0 Å². The smallest absolute Gasteiger partial charge is 0.311 e. The zero-order valence-corrected chi connectivity index (χ0v) is 12.3. The second-order valence-electron chi connectivity index (χ2n) is 5.86. The van der Waals surface area contributed by atoms with E-state index in [2.05, 4.69) is 5.32 Å². The van der Waals surface area contributed by atoms with Gasteiger partial charge < -0.3 is 15.0 Å². The Kier molecular flexibility index (Phi) is 4.16. The lowest BCUT2D eigenvalue weighted by Gasteiger charge is -2.38. The van der Waals surface area contributed by atoms with Crippen LogP contribution in [0, 0.1) is 5.41 Å². The number of hydrogen-bond acceptors (Lipinski definition) is 3. The van der Waals surface area contributed by atoms with Crippen LogP contribution in [0.3, 0.4) is 0 Å². The summed E-state index contributed by atoms with van der Waals surface area (Å²) in [6, 6.07) is 2.40. The predicted octanol–water partition coefficient (Wildman–Crippen LogP) is 1.15. The zero-order chi connectivity index (χ0) is 15.6. The quantitative estimate of drug-likeness (QED) is 0.874. The summed E-state index contributed by atoms with van der Waals surface area (Å²) in [6.07, 6.45) is 4.45. The molecule has 2 atom stereocenters. The molecular formula is C15H20N2O4. The van der Waals surface area contributed by atoms with Crippen molar-refractivity contribution < 1.29 is 14.7 Å². The maximum absolute atomic E-state index is 12.2. The first-order chi connectivity index (χ1) is 9.84. The number of nitrogens with one attached hydrogen (secondary N) is 1. The van der Waals surface area contributed by atoms with Crippen LogP contribution in [0.5, 0.6) is 0 Å². The van der Waals surface area contributed by atoms with Crippen LogP contribution < -0.4 is 10.9 Å². The molecule has 1 aromatic heterocycles. The van der Waals surface area contributed by atoms with Gasteiger partial charge in [0.25, 0.3) is 11.5 Å². The number of carboxylic acids is 1. The lowest BCUT2D eigenvalue weighted by molar-refractivity contribution is -0.151. The van der Waals surface area contributed by atoms with Crippen molar-refractivity contribution in [3.8, 4) is 0 Å². The molecule has 21 heavy (non-hydrogen) atoms. The monoisotopic (exact) mass is 292 g/mol. The Bertz CT molecular complexity index is 622. The van der Waals surface area contributed by atoms with Gasteiger partial charge in [-0.05, 0) is 25.8 Å². The lowest BCUT2D eigenvalue weighted by atomic mass is 9.71. The number of pyridine rings is 1. The van der Waals surface area contributed by atoms with Gasteiger partial charge in [-0.1, -0.05) is 12.8 Å². The van der Waals surface area contributed by atoms with E-state index in [-0.39, 0.29) is 11.1 Å². The molecular weight excluding hydrogens is 272 g/mol. The Morgan fingerprint density at radius 2 is 2.14 bits per heavy atom. The number of hydrogen-bond donors (Lipinski definition) is 2. The molecule has 0 radical (unpaired) electrons. The summed E-state index contributed by atoms with van der Waals surface area (Å²) < 4.78 is 1.37. The lowest BCUT2D eigenvalue weighted by Crippen LogP contribution is -2.52. The van der Waals surface area contributed by atoms with Crippen molar-refractivity contribution in [3.63, 3.8) is 0 Å². The fraction of sp³-hybridized carbons (Fsp3) is 0.533. The Balaban J connectivity index is 2.19. The molecule has 2 unspecified atom stereocenters. The number of aryl methyl sites for hydroxylation is 1. The summed E-state index contributed by atoms with van der Waals surface area (Å²) in [5, 5.41) is 12.2. The molecule has 1 saturated carbocycles. The van der Waals surface area contributed by atoms with Crippen molar-refractivity contribution in [2.75, 3.05) is 0 Å². The fourth-order valence-electron chi connectivity index (χ4n) is 2.75. The van der Waals surface area contributed by atoms with Gasteiger partial charge >= 0.3 is 5.97 Å². The first kappa shape index (κ1) is 15.3. The van der Waals surface area contributed by atoms with Crippen LogP contribution in [-0.2, 0) is 11.8 Å². The van der Waals surface area contributed by atoms with E-state index in [0.717, 1.165) is 12.8 Å². The van der Waals surface area contributed by atoms with Gasteiger partial charge in [-0.3, -0.25) is 14.4 Å². The van der Waals surface area contributed by atoms with Crippen molar-refractivity contribution in [2.24, 2.45) is 12.5 Å². The highest BCUT2D eigenvalue weighted by molar-refractivity contribution is 5.94. The van der Waals surface area contributed by atoms with E-state index in [4.69, 9.17) is 0 Å². The Hall–Kier alpha value is -2.11. The molecule has 1 amide bonds. The fourth-order valence-corrected chi connectivity index (χ4v) is 2.75. The predicted molar refractivity (Wildman–Crippen MR) is 77.1 cm³/mol. The van der Waals surface area contributed by atoms with E-state index in [1.165, 1.54) is 16.8 Å². The molecule has 0 aliphatic heterocycles. The number of carbonyl (C=O) groups excluding carboxylic acids is 1. The van der Waals surface area contributed by atoms with E-state index < -0.39 is 23.3 Å². The van der Waals surface area contributed by atoms with E-state index in [9.17, 15) is 19.5 Å². The Morgan fingerprint density at radius 1 is 1.43 bits per heavy atom. The Labute approximate surface area is 122 Å². The summed E-state index contributed by atoms with van der Waals surface area (Å²) in [5.74, 6) is -1.29. The summed E-state index contributed by atoms with van der Waals surface area (Å²) in [5.41, 5.74) is -0.961. The van der Waals surface area contributed by atoms with E-state index in [1.807, 2.05) is 0 Å².